The number of carbonyl (C=O) groups excluding carboxylic acids is 1. The number of nitrogens with zero attached hydrogens (tertiary/aromatic N) is 1. The van der Waals surface area contributed by atoms with Gasteiger partial charge in [-0.3, -0.25) is 9.10 Å². The lowest BCUT2D eigenvalue weighted by atomic mass is 10.1. The first-order valence-corrected chi connectivity index (χ1v) is 12.3. The molecule has 174 valence electrons. The highest BCUT2D eigenvalue weighted by molar-refractivity contribution is 7.92. The minimum Gasteiger partial charge on any atom is -0.496 e. The van der Waals surface area contributed by atoms with Crippen LogP contribution in [-0.4, -0.2) is 28.0 Å². The molecule has 1 atom stereocenters. The van der Waals surface area contributed by atoms with E-state index in [9.17, 15) is 13.2 Å². The highest BCUT2D eigenvalue weighted by Crippen LogP contribution is 2.28. The quantitative estimate of drug-likeness (QED) is 0.499. The molecular weight excluding hydrogens is 436 g/mol. The standard InChI is InChI=1S/C26H30N2O4S/c1-5-21-10-6-8-12-24(21)28(33(30,31)22-16-14-19(2)15-17-22)18-26(29)27-20(3)23-11-7-9-13-25(23)32-4/h6-17,20H,5,18H2,1-4H3,(H,27,29). The Kier molecular flexibility index (Phi) is 7.76. The minimum absolute atomic E-state index is 0.143. The number of carbonyl (C=O) groups is 1. The van der Waals surface area contributed by atoms with Gasteiger partial charge in [-0.05, 0) is 50.1 Å². The third-order valence-electron chi connectivity index (χ3n) is 5.52. The van der Waals surface area contributed by atoms with Gasteiger partial charge < -0.3 is 10.1 Å². The number of nitrogens with one attached hydrogen (secondary N) is 1. The molecule has 0 fully saturated rings. The molecule has 0 aliphatic rings. The van der Waals surface area contributed by atoms with Crippen molar-refractivity contribution in [3.8, 4) is 5.75 Å². The third kappa shape index (κ3) is 5.54. The molecule has 0 spiro atoms. The number of aryl methyl sites for hydroxylation is 2. The molecule has 3 aromatic carbocycles. The fourth-order valence-corrected chi connectivity index (χ4v) is 5.17. The summed E-state index contributed by atoms with van der Waals surface area (Å²) < 4.78 is 33.8. The molecule has 0 bridgehead atoms. The first kappa shape index (κ1) is 24.3. The molecule has 3 aromatic rings. The van der Waals surface area contributed by atoms with E-state index in [-0.39, 0.29) is 17.5 Å². The summed E-state index contributed by atoms with van der Waals surface area (Å²) in [6.45, 7) is 5.36. The van der Waals surface area contributed by atoms with Gasteiger partial charge in [0.15, 0.2) is 0 Å². The van der Waals surface area contributed by atoms with E-state index in [0.717, 1.165) is 16.7 Å². The van der Waals surface area contributed by atoms with Crippen LogP contribution in [-0.2, 0) is 21.2 Å². The molecule has 0 saturated carbocycles. The molecule has 33 heavy (non-hydrogen) atoms. The second-order valence-corrected chi connectivity index (χ2v) is 9.70. The van der Waals surface area contributed by atoms with E-state index in [4.69, 9.17) is 4.74 Å². The van der Waals surface area contributed by atoms with E-state index in [2.05, 4.69) is 5.32 Å². The Morgan fingerprint density at radius 1 is 1.00 bits per heavy atom. The molecule has 0 aromatic heterocycles. The van der Waals surface area contributed by atoms with Gasteiger partial charge in [-0.25, -0.2) is 8.42 Å². The summed E-state index contributed by atoms with van der Waals surface area (Å²) in [4.78, 5) is 13.2. The summed E-state index contributed by atoms with van der Waals surface area (Å²) in [5.41, 5.74) is 3.12. The molecule has 0 saturated heterocycles. The van der Waals surface area contributed by atoms with Crippen LogP contribution in [0.25, 0.3) is 0 Å². The van der Waals surface area contributed by atoms with Crippen molar-refractivity contribution >= 4 is 21.6 Å². The smallest absolute Gasteiger partial charge is 0.264 e. The number of hydrogen-bond acceptors (Lipinski definition) is 4. The Labute approximate surface area is 196 Å². The van der Waals surface area contributed by atoms with E-state index in [1.165, 1.54) is 4.31 Å². The predicted molar refractivity (Wildman–Crippen MR) is 131 cm³/mol. The van der Waals surface area contributed by atoms with Crippen molar-refractivity contribution in [3.05, 3.63) is 89.5 Å². The SMILES string of the molecule is CCc1ccccc1N(CC(=O)NC(C)c1ccccc1OC)S(=O)(=O)c1ccc(C)cc1. The van der Waals surface area contributed by atoms with Gasteiger partial charge in [-0.1, -0.05) is 61.0 Å². The maximum atomic E-state index is 13.6. The number of sulfonamides is 1. The number of methoxy groups -OCH3 is 1. The van der Waals surface area contributed by atoms with Crippen LogP contribution in [0.15, 0.2) is 77.7 Å². The topological polar surface area (TPSA) is 75.7 Å². The molecular formula is C26H30N2O4S. The number of anilines is 1. The van der Waals surface area contributed by atoms with Crippen LogP contribution in [0, 0.1) is 6.92 Å². The second kappa shape index (κ2) is 10.5. The Hall–Kier alpha value is -3.32. The predicted octanol–water partition coefficient (Wildman–Crippen LogP) is 4.64. The van der Waals surface area contributed by atoms with E-state index >= 15 is 0 Å². The summed E-state index contributed by atoms with van der Waals surface area (Å²) in [5, 5.41) is 2.92. The Bertz CT molecular complexity index is 1210. The fourth-order valence-electron chi connectivity index (χ4n) is 3.71. The average molecular weight is 467 g/mol. The molecule has 1 amide bonds. The summed E-state index contributed by atoms with van der Waals surface area (Å²) in [7, 11) is -2.39. The molecule has 1 unspecified atom stereocenters. The van der Waals surface area contributed by atoms with Crippen molar-refractivity contribution in [2.24, 2.45) is 0 Å². The number of rotatable bonds is 9. The summed E-state index contributed by atoms with van der Waals surface area (Å²) >= 11 is 0. The highest BCUT2D eigenvalue weighted by atomic mass is 32.2. The molecule has 0 radical (unpaired) electrons. The van der Waals surface area contributed by atoms with Crippen LogP contribution in [0.1, 0.15) is 36.6 Å². The number of para-hydroxylation sites is 2. The normalized spacial score (nSPS) is 12.1. The Morgan fingerprint density at radius 3 is 2.30 bits per heavy atom. The number of amides is 1. The zero-order chi connectivity index (χ0) is 24.0. The molecule has 0 aliphatic carbocycles. The number of hydrogen-bond donors (Lipinski definition) is 1. The van der Waals surface area contributed by atoms with Crippen LogP contribution >= 0.6 is 0 Å². The van der Waals surface area contributed by atoms with Gasteiger partial charge in [-0.15, -0.1) is 0 Å². The van der Waals surface area contributed by atoms with Crippen molar-refractivity contribution in [3.63, 3.8) is 0 Å². The lowest BCUT2D eigenvalue weighted by Gasteiger charge is -2.27. The van der Waals surface area contributed by atoms with Crippen molar-refractivity contribution < 1.29 is 17.9 Å². The molecule has 7 heteroatoms. The largest absolute Gasteiger partial charge is 0.496 e. The van der Waals surface area contributed by atoms with Crippen molar-refractivity contribution in [1.82, 2.24) is 5.32 Å². The summed E-state index contributed by atoms with van der Waals surface area (Å²) in [5.74, 6) is 0.251. The van der Waals surface area contributed by atoms with Crippen LogP contribution in [0.3, 0.4) is 0 Å². The van der Waals surface area contributed by atoms with Crippen molar-refractivity contribution in [1.29, 1.82) is 0 Å². The molecule has 3 rings (SSSR count). The van der Waals surface area contributed by atoms with E-state index in [1.54, 1.807) is 43.5 Å². The second-order valence-electron chi connectivity index (χ2n) is 7.84. The third-order valence-corrected chi connectivity index (χ3v) is 7.29. The fraction of sp³-hybridized carbons (Fsp3) is 0.269. The van der Waals surface area contributed by atoms with Crippen molar-refractivity contribution in [2.75, 3.05) is 18.0 Å². The van der Waals surface area contributed by atoms with Gasteiger partial charge in [0.2, 0.25) is 5.91 Å². The summed E-state index contributed by atoms with van der Waals surface area (Å²) in [6.07, 6.45) is 0.634. The minimum atomic E-state index is -3.96. The van der Waals surface area contributed by atoms with Crippen LogP contribution in [0.2, 0.25) is 0 Å². The van der Waals surface area contributed by atoms with Gasteiger partial charge in [-0.2, -0.15) is 0 Å². The van der Waals surface area contributed by atoms with E-state index in [0.29, 0.717) is 17.9 Å². The Morgan fingerprint density at radius 2 is 1.64 bits per heavy atom. The van der Waals surface area contributed by atoms with E-state index < -0.39 is 15.9 Å². The summed E-state index contributed by atoms with van der Waals surface area (Å²) in [6, 6.07) is 21.0. The first-order valence-electron chi connectivity index (χ1n) is 10.9. The Balaban J connectivity index is 1.94. The maximum Gasteiger partial charge on any atom is 0.264 e. The van der Waals surface area contributed by atoms with E-state index in [1.807, 2.05) is 57.2 Å². The zero-order valence-electron chi connectivity index (χ0n) is 19.4. The number of benzene rings is 3. The molecule has 0 aliphatic heterocycles. The van der Waals surface area contributed by atoms with Gasteiger partial charge >= 0.3 is 0 Å². The molecule has 0 heterocycles. The van der Waals surface area contributed by atoms with Crippen LogP contribution < -0.4 is 14.4 Å². The lowest BCUT2D eigenvalue weighted by Crippen LogP contribution is -2.42. The van der Waals surface area contributed by atoms with Crippen LogP contribution in [0.4, 0.5) is 5.69 Å². The van der Waals surface area contributed by atoms with Gasteiger partial charge in [0.25, 0.3) is 10.0 Å². The van der Waals surface area contributed by atoms with Gasteiger partial charge in [0.05, 0.1) is 23.7 Å². The molecule has 1 N–H and O–H groups in total. The zero-order valence-corrected chi connectivity index (χ0v) is 20.2. The maximum absolute atomic E-state index is 13.6. The molecule has 6 nitrogen and oxygen atoms in total. The number of ether oxygens (including phenoxy) is 1. The highest BCUT2D eigenvalue weighted by Gasteiger charge is 2.29. The average Bonchev–Trinajstić information content (AvgIpc) is 2.82. The van der Waals surface area contributed by atoms with Gasteiger partial charge in [0, 0.05) is 5.56 Å². The first-order chi connectivity index (χ1) is 15.8. The van der Waals surface area contributed by atoms with Crippen LogP contribution in [0.5, 0.6) is 5.75 Å². The monoisotopic (exact) mass is 466 g/mol. The van der Waals surface area contributed by atoms with Gasteiger partial charge in [0.1, 0.15) is 12.3 Å². The van der Waals surface area contributed by atoms with Crippen molar-refractivity contribution in [2.45, 2.75) is 38.1 Å². The lowest BCUT2D eigenvalue weighted by molar-refractivity contribution is -0.120.